The summed E-state index contributed by atoms with van der Waals surface area (Å²) in [6, 6.07) is 20.2. The van der Waals surface area contributed by atoms with Crippen molar-refractivity contribution in [2.45, 2.75) is 64.3 Å². The maximum Gasteiger partial charge on any atom is 0.224 e. The number of rotatable bonds is 13. The molecular formula is C25H33NO2. The second kappa shape index (κ2) is 12.9. The highest BCUT2D eigenvalue weighted by Crippen LogP contribution is 2.18. The number of benzene rings is 2. The lowest BCUT2D eigenvalue weighted by atomic mass is 9.92. The number of carbonyl (C=O) groups excluding carboxylic acids is 2. The number of aldehydes is 1. The lowest BCUT2D eigenvalue weighted by Crippen LogP contribution is -2.40. The minimum Gasteiger partial charge on any atom is -0.346 e. The molecule has 0 spiro atoms. The molecule has 2 aromatic carbocycles. The summed E-state index contributed by atoms with van der Waals surface area (Å²) < 4.78 is 0. The third-order valence-electron chi connectivity index (χ3n) is 5.17. The molecule has 0 aliphatic carbocycles. The highest BCUT2D eigenvalue weighted by atomic mass is 16.2. The van der Waals surface area contributed by atoms with Crippen LogP contribution in [0.5, 0.6) is 0 Å². The molecule has 0 aromatic heterocycles. The number of aryl methyl sites for hydroxylation is 1. The van der Waals surface area contributed by atoms with Gasteiger partial charge in [0.25, 0.3) is 0 Å². The van der Waals surface area contributed by atoms with E-state index in [-0.39, 0.29) is 17.9 Å². The molecule has 150 valence electrons. The van der Waals surface area contributed by atoms with E-state index in [4.69, 9.17) is 0 Å². The monoisotopic (exact) mass is 379 g/mol. The smallest absolute Gasteiger partial charge is 0.224 e. The van der Waals surface area contributed by atoms with Gasteiger partial charge in [-0.1, -0.05) is 86.8 Å². The summed E-state index contributed by atoms with van der Waals surface area (Å²) in [4.78, 5) is 24.2. The van der Waals surface area contributed by atoms with E-state index in [0.29, 0.717) is 0 Å². The summed E-state index contributed by atoms with van der Waals surface area (Å²) in [6.07, 6.45) is 8.23. The Labute approximate surface area is 169 Å². The Balaban J connectivity index is 1.91. The van der Waals surface area contributed by atoms with Crippen molar-refractivity contribution in [1.82, 2.24) is 5.32 Å². The first-order chi connectivity index (χ1) is 13.7. The SMILES string of the molecule is CCCCC(C=O)NC(=O)C(CCCCc1ccccc1)Cc1ccccc1. The Morgan fingerprint density at radius 2 is 1.54 bits per heavy atom. The number of hydrogen-bond acceptors (Lipinski definition) is 2. The molecule has 0 heterocycles. The summed E-state index contributed by atoms with van der Waals surface area (Å²) in [5.41, 5.74) is 2.51. The Hall–Kier alpha value is -2.42. The first-order valence-electron chi connectivity index (χ1n) is 10.6. The Bertz CT molecular complexity index is 684. The van der Waals surface area contributed by atoms with Gasteiger partial charge in [0.1, 0.15) is 6.29 Å². The Kier molecular flexibility index (Phi) is 10.1. The number of amides is 1. The predicted molar refractivity (Wildman–Crippen MR) is 115 cm³/mol. The molecule has 2 rings (SSSR count). The Morgan fingerprint density at radius 1 is 0.893 bits per heavy atom. The number of unbranched alkanes of at least 4 members (excludes halogenated alkanes) is 2. The van der Waals surface area contributed by atoms with Gasteiger partial charge in [-0.3, -0.25) is 4.79 Å². The van der Waals surface area contributed by atoms with E-state index in [0.717, 1.165) is 57.7 Å². The molecule has 3 nitrogen and oxygen atoms in total. The molecule has 28 heavy (non-hydrogen) atoms. The number of carbonyl (C=O) groups is 2. The van der Waals surface area contributed by atoms with Crippen molar-refractivity contribution >= 4 is 12.2 Å². The molecule has 0 aliphatic rings. The van der Waals surface area contributed by atoms with Crippen molar-refractivity contribution in [1.29, 1.82) is 0 Å². The topological polar surface area (TPSA) is 46.2 Å². The zero-order valence-electron chi connectivity index (χ0n) is 17.0. The van der Waals surface area contributed by atoms with E-state index in [1.165, 1.54) is 11.1 Å². The zero-order valence-corrected chi connectivity index (χ0v) is 17.0. The van der Waals surface area contributed by atoms with Crippen LogP contribution < -0.4 is 5.32 Å². The summed E-state index contributed by atoms with van der Waals surface area (Å²) in [5.74, 6) is -0.0842. The van der Waals surface area contributed by atoms with Crippen LogP contribution in [0.4, 0.5) is 0 Å². The van der Waals surface area contributed by atoms with Crippen LogP contribution in [0.3, 0.4) is 0 Å². The van der Waals surface area contributed by atoms with Gasteiger partial charge in [0.15, 0.2) is 0 Å². The summed E-state index contributed by atoms with van der Waals surface area (Å²) in [6.45, 7) is 2.09. The van der Waals surface area contributed by atoms with E-state index in [9.17, 15) is 9.59 Å². The van der Waals surface area contributed by atoms with Crippen LogP contribution in [0.2, 0.25) is 0 Å². The van der Waals surface area contributed by atoms with Gasteiger partial charge in [0, 0.05) is 5.92 Å². The predicted octanol–water partition coefficient (Wildman–Crippen LogP) is 5.13. The Morgan fingerprint density at radius 3 is 2.14 bits per heavy atom. The standard InChI is InChI=1S/C25H33NO2/c1-2-3-18-24(20-27)26-25(28)23(19-22-15-8-5-9-16-22)17-11-10-14-21-12-6-4-7-13-21/h4-9,12-13,15-16,20,23-24H,2-3,10-11,14,17-19H2,1H3,(H,26,28). The van der Waals surface area contributed by atoms with E-state index < -0.39 is 0 Å². The molecule has 0 aliphatic heterocycles. The zero-order chi connectivity index (χ0) is 20.0. The second-order valence-electron chi connectivity index (χ2n) is 7.51. The summed E-state index contributed by atoms with van der Waals surface area (Å²) in [7, 11) is 0. The van der Waals surface area contributed by atoms with Crippen molar-refractivity contribution < 1.29 is 9.59 Å². The van der Waals surface area contributed by atoms with Gasteiger partial charge in [-0.25, -0.2) is 0 Å². The second-order valence-corrected chi connectivity index (χ2v) is 7.51. The minimum absolute atomic E-state index is 0.0109. The molecule has 0 fully saturated rings. The highest BCUT2D eigenvalue weighted by molar-refractivity contribution is 5.82. The highest BCUT2D eigenvalue weighted by Gasteiger charge is 2.21. The van der Waals surface area contributed by atoms with Crippen molar-refractivity contribution in [2.24, 2.45) is 5.92 Å². The molecule has 2 atom stereocenters. The van der Waals surface area contributed by atoms with Crippen molar-refractivity contribution in [3.63, 3.8) is 0 Å². The fourth-order valence-electron chi connectivity index (χ4n) is 3.49. The van der Waals surface area contributed by atoms with E-state index in [1.807, 2.05) is 24.3 Å². The normalized spacial score (nSPS) is 12.9. The van der Waals surface area contributed by atoms with Gasteiger partial charge < -0.3 is 10.1 Å². The molecular weight excluding hydrogens is 346 g/mol. The minimum atomic E-state index is -0.366. The van der Waals surface area contributed by atoms with Crippen molar-refractivity contribution in [2.75, 3.05) is 0 Å². The number of hydrogen-bond donors (Lipinski definition) is 1. The van der Waals surface area contributed by atoms with Gasteiger partial charge in [-0.05, 0) is 43.2 Å². The van der Waals surface area contributed by atoms with Gasteiger partial charge >= 0.3 is 0 Å². The van der Waals surface area contributed by atoms with Crippen LogP contribution in [0.25, 0.3) is 0 Å². The average Bonchev–Trinajstić information content (AvgIpc) is 2.74. The lowest BCUT2D eigenvalue weighted by Gasteiger charge is -2.20. The molecule has 2 aromatic rings. The quantitative estimate of drug-likeness (QED) is 0.387. The van der Waals surface area contributed by atoms with Crippen LogP contribution in [0, 0.1) is 5.92 Å². The number of nitrogens with one attached hydrogen (secondary N) is 1. The fraction of sp³-hybridized carbons (Fsp3) is 0.440. The van der Waals surface area contributed by atoms with E-state index in [2.05, 4.69) is 48.6 Å². The lowest BCUT2D eigenvalue weighted by molar-refractivity contribution is -0.127. The van der Waals surface area contributed by atoms with Crippen LogP contribution in [0.15, 0.2) is 60.7 Å². The molecule has 0 saturated carbocycles. The summed E-state index contributed by atoms with van der Waals surface area (Å²) in [5, 5.41) is 2.97. The molecule has 0 bridgehead atoms. The molecule has 0 saturated heterocycles. The van der Waals surface area contributed by atoms with E-state index >= 15 is 0 Å². The van der Waals surface area contributed by atoms with Crippen LogP contribution >= 0.6 is 0 Å². The first-order valence-corrected chi connectivity index (χ1v) is 10.6. The third-order valence-corrected chi connectivity index (χ3v) is 5.17. The largest absolute Gasteiger partial charge is 0.346 e. The molecule has 1 amide bonds. The fourth-order valence-corrected chi connectivity index (χ4v) is 3.49. The van der Waals surface area contributed by atoms with Gasteiger partial charge in [0.05, 0.1) is 6.04 Å². The summed E-state index contributed by atoms with van der Waals surface area (Å²) >= 11 is 0. The first kappa shape index (κ1) is 21.9. The maximum absolute atomic E-state index is 12.9. The molecule has 3 heteroatoms. The maximum atomic E-state index is 12.9. The van der Waals surface area contributed by atoms with Crippen molar-refractivity contribution in [3.8, 4) is 0 Å². The average molecular weight is 380 g/mol. The van der Waals surface area contributed by atoms with E-state index in [1.54, 1.807) is 0 Å². The van der Waals surface area contributed by atoms with Crippen LogP contribution in [0.1, 0.15) is 56.6 Å². The van der Waals surface area contributed by atoms with Gasteiger partial charge in [-0.15, -0.1) is 0 Å². The third kappa shape index (κ3) is 8.08. The van der Waals surface area contributed by atoms with Gasteiger partial charge in [-0.2, -0.15) is 0 Å². The molecule has 2 unspecified atom stereocenters. The van der Waals surface area contributed by atoms with Crippen LogP contribution in [-0.4, -0.2) is 18.2 Å². The van der Waals surface area contributed by atoms with Crippen molar-refractivity contribution in [3.05, 3.63) is 71.8 Å². The van der Waals surface area contributed by atoms with Crippen LogP contribution in [-0.2, 0) is 22.4 Å². The molecule has 1 N–H and O–H groups in total. The van der Waals surface area contributed by atoms with Gasteiger partial charge in [0.2, 0.25) is 5.91 Å². The molecule has 0 radical (unpaired) electrons.